The van der Waals surface area contributed by atoms with Gasteiger partial charge in [0.25, 0.3) is 0 Å². The molecule has 0 atom stereocenters. The fraction of sp³-hybridized carbons (Fsp3) is 0.500. The van der Waals surface area contributed by atoms with Crippen LogP contribution >= 0.6 is 0 Å². The lowest BCUT2D eigenvalue weighted by Crippen LogP contribution is -2.04. The van der Waals surface area contributed by atoms with E-state index in [0.29, 0.717) is 5.82 Å². The highest BCUT2D eigenvalue weighted by molar-refractivity contribution is 5.37. The summed E-state index contributed by atoms with van der Waals surface area (Å²) >= 11 is 0. The molecular formula is C8H14N4. The van der Waals surface area contributed by atoms with Crippen molar-refractivity contribution in [2.75, 3.05) is 17.6 Å². The molecule has 0 aliphatic rings. The van der Waals surface area contributed by atoms with Crippen molar-refractivity contribution in [1.29, 1.82) is 0 Å². The van der Waals surface area contributed by atoms with Crippen molar-refractivity contribution in [2.24, 2.45) is 0 Å². The van der Waals surface area contributed by atoms with Gasteiger partial charge < -0.3 is 11.1 Å². The number of unbranched alkanes of at least 4 members (excludes halogenated alkanes) is 1. The van der Waals surface area contributed by atoms with Crippen LogP contribution in [0.4, 0.5) is 11.6 Å². The third-order valence-corrected chi connectivity index (χ3v) is 1.49. The Kier molecular flexibility index (Phi) is 3.32. The second-order valence-electron chi connectivity index (χ2n) is 2.61. The van der Waals surface area contributed by atoms with Gasteiger partial charge in [-0.2, -0.15) is 0 Å². The first-order chi connectivity index (χ1) is 5.83. The van der Waals surface area contributed by atoms with E-state index >= 15 is 0 Å². The minimum atomic E-state index is 0.455. The first-order valence-corrected chi connectivity index (χ1v) is 4.14. The molecule has 0 aliphatic heterocycles. The van der Waals surface area contributed by atoms with Crippen LogP contribution in [0.25, 0.3) is 0 Å². The number of aromatic nitrogens is 2. The zero-order chi connectivity index (χ0) is 8.81. The summed E-state index contributed by atoms with van der Waals surface area (Å²) in [7, 11) is 0. The van der Waals surface area contributed by atoms with Gasteiger partial charge in [0, 0.05) is 6.54 Å². The van der Waals surface area contributed by atoms with Gasteiger partial charge in [-0.3, -0.25) is 4.98 Å². The van der Waals surface area contributed by atoms with E-state index in [4.69, 9.17) is 5.73 Å². The normalized spacial score (nSPS) is 9.75. The number of hydrogen-bond acceptors (Lipinski definition) is 4. The Morgan fingerprint density at radius 3 is 3.00 bits per heavy atom. The summed E-state index contributed by atoms with van der Waals surface area (Å²) in [5, 5.41) is 3.13. The van der Waals surface area contributed by atoms with E-state index in [9.17, 15) is 0 Å². The lowest BCUT2D eigenvalue weighted by atomic mass is 10.3. The lowest BCUT2D eigenvalue weighted by molar-refractivity contribution is 0.830. The summed E-state index contributed by atoms with van der Waals surface area (Å²) in [4.78, 5) is 7.96. The monoisotopic (exact) mass is 166 g/mol. The minimum Gasteiger partial charge on any atom is -0.382 e. The molecule has 0 saturated heterocycles. The van der Waals surface area contributed by atoms with Crippen LogP contribution in [0, 0.1) is 0 Å². The van der Waals surface area contributed by atoms with Crippen LogP contribution in [-0.4, -0.2) is 16.5 Å². The Hall–Kier alpha value is -1.32. The SMILES string of the molecule is CCCCNc1cncc(N)n1. The Bertz CT molecular complexity index is 236. The predicted molar refractivity (Wildman–Crippen MR) is 49.8 cm³/mol. The minimum absolute atomic E-state index is 0.455. The van der Waals surface area contributed by atoms with Gasteiger partial charge in [0.1, 0.15) is 11.6 Å². The molecule has 4 nitrogen and oxygen atoms in total. The maximum atomic E-state index is 5.45. The Morgan fingerprint density at radius 2 is 2.33 bits per heavy atom. The molecule has 4 heteroatoms. The number of nitrogens with one attached hydrogen (secondary N) is 1. The van der Waals surface area contributed by atoms with Gasteiger partial charge in [-0.25, -0.2) is 4.98 Å². The van der Waals surface area contributed by atoms with Gasteiger partial charge in [0.05, 0.1) is 12.4 Å². The van der Waals surface area contributed by atoms with Crippen LogP contribution in [0.3, 0.4) is 0 Å². The smallest absolute Gasteiger partial charge is 0.146 e. The van der Waals surface area contributed by atoms with Gasteiger partial charge in [-0.15, -0.1) is 0 Å². The molecule has 0 saturated carbocycles. The number of nitrogens with zero attached hydrogens (tertiary/aromatic N) is 2. The number of rotatable bonds is 4. The van der Waals surface area contributed by atoms with E-state index in [1.807, 2.05) is 0 Å². The van der Waals surface area contributed by atoms with E-state index in [0.717, 1.165) is 18.8 Å². The summed E-state index contributed by atoms with van der Waals surface area (Å²) in [6.07, 6.45) is 5.51. The molecule has 3 N–H and O–H groups in total. The molecule has 0 aliphatic carbocycles. The maximum absolute atomic E-state index is 5.45. The standard InChI is InChI=1S/C8H14N4/c1-2-3-4-11-8-6-10-5-7(9)12-8/h5-6H,2-4H2,1H3,(H3,9,11,12). The molecule has 0 spiro atoms. The Morgan fingerprint density at radius 1 is 1.50 bits per heavy atom. The highest BCUT2D eigenvalue weighted by Crippen LogP contribution is 2.02. The molecule has 0 unspecified atom stereocenters. The molecule has 0 aromatic carbocycles. The van der Waals surface area contributed by atoms with E-state index in [2.05, 4.69) is 22.2 Å². The molecule has 0 amide bonds. The van der Waals surface area contributed by atoms with Crippen LogP contribution < -0.4 is 11.1 Å². The zero-order valence-electron chi connectivity index (χ0n) is 7.25. The average Bonchev–Trinajstić information content (AvgIpc) is 2.05. The highest BCUT2D eigenvalue weighted by Gasteiger charge is 1.92. The first kappa shape index (κ1) is 8.77. The average molecular weight is 166 g/mol. The van der Waals surface area contributed by atoms with Crippen molar-refractivity contribution in [3.8, 4) is 0 Å². The zero-order valence-corrected chi connectivity index (χ0v) is 7.25. The molecule has 1 aromatic heterocycles. The summed E-state index contributed by atoms with van der Waals surface area (Å²) in [6.45, 7) is 3.07. The van der Waals surface area contributed by atoms with Gasteiger partial charge in [0.2, 0.25) is 0 Å². The third-order valence-electron chi connectivity index (χ3n) is 1.49. The van der Waals surface area contributed by atoms with Crippen LogP contribution in [-0.2, 0) is 0 Å². The molecule has 1 rings (SSSR count). The topological polar surface area (TPSA) is 63.8 Å². The summed E-state index contributed by atoms with van der Waals surface area (Å²) in [6, 6.07) is 0. The second-order valence-corrected chi connectivity index (χ2v) is 2.61. The van der Waals surface area contributed by atoms with Crippen LogP contribution in [0.1, 0.15) is 19.8 Å². The van der Waals surface area contributed by atoms with Crippen molar-refractivity contribution in [3.05, 3.63) is 12.4 Å². The van der Waals surface area contributed by atoms with E-state index in [-0.39, 0.29) is 0 Å². The molecule has 0 bridgehead atoms. The number of nitrogens with two attached hydrogens (primary N) is 1. The Balaban J connectivity index is 2.41. The van der Waals surface area contributed by atoms with Gasteiger partial charge in [-0.1, -0.05) is 13.3 Å². The third kappa shape index (κ3) is 2.74. The van der Waals surface area contributed by atoms with Crippen LogP contribution in [0.5, 0.6) is 0 Å². The molecular weight excluding hydrogens is 152 g/mol. The number of nitrogen functional groups attached to an aromatic ring is 1. The van der Waals surface area contributed by atoms with E-state index < -0.39 is 0 Å². The van der Waals surface area contributed by atoms with E-state index in [1.165, 1.54) is 12.6 Å². The van der Waals surface area contributed by atoms with Crippen LogP contribution in [0.2, 0.25) is 0 Å². The van der Waals surface area contributed by atoms with Crippen molar-refractivity contribution in [3.63, 3.8) is 0 Å². The van der Waals surface area contributed by atoms with Crippen molar-refractivity contribution in [2.45, 2.75) is 19.8 Å². The molecule has 12 heavy (non-hydrogen) atoms. The highest BCUT2D eigenvalue weighted by atomic mass is 15.0. The summed E-state index contributed by atoms with van der Waals surface area (Å²) in [5.41, 5.74) is 5.45. The molecule has 1 aromatic rings. The number of anilines is 2. The molecule has 0 fully saturated rings. The van der Waals surface area contributed by atoms with Crippen molar-refractivity contribution in [1.82, 2.24) is 9.97 Å². The van der Waals surface area contributed by atoms with Gasteiger partial charge >= 0.3 is 0 Å². The van der Waals surface area contributed by atoms with Crippen molar-refractivity contribution < 1.29 is 0 Å². The van der Waals surface area contributed by atoms with Gasteiger partial charge in [0.15, 0.2) is 0 Å². The largest absolute Gasteiger partial charge is 0.382 e. The van der Waals surface area contributed by atoms with Crippen LogP contribution in [0.15, 0.2) is 12.4 Å². The second kappa shape index (κ2) is 4.54. The van der Waals surface area contributed by atoms with E-state index in [1.54, 1.807) is 6.20 Å². The fourth-order valence-electron chi connectivity index (χ4n) is 0.859. The Labute approximate surface area is 72.2 Å². The first-order valence-electron chi connectivity index (χ1n) is 4.14. The lowest BCUT2D eigenvalue weighted by Gasteiger charge is -2.03. The molecule has 66 valence electrons. The van der Waals surface area contributed by atoms with Gasteiger partial charge in [-0.05, 0) is 6.42 Å². The fourth-order valence-corrected chi connectivity index (χ4v) is 0.859. The molecule has 1 heterocycles. The summed E-state index contributed by atoms with van der Waals surface area (Å²) in [5.74, 6) is 1.21. The predicted octanol–water partition coefficient (Wildman–Crippen LogP) is 1.27. The summed E-state index contributed by atoms with van der Waals surface area (Å²) < 4.78 is 0. The quantitative estimate of drug-likeness (QED) is 0.661. The molecule has 0 radical (unpaired) electrons. The maximum Gasteiger partial charge on any atom is 0.146 e. The number of hydrogen-bond donors (Lipinski definition) is 2. The van der Waals surface area contributed by atoms with Crippen molar-refractivity contribution >= 4 is 11.6 Å².